The summed E-state index contributed by atoms with van der Waals surface area (Å²) in [6.45, 7) is 9.78. The van der Waals surface area contributed by atoms with Crippen LogP contribution in [-0.2, 0) is 11.3 Å². The summed E-state index contributed by atoms with van der Waals surface area (Å²) in [7, 11) is 0. The molecule has 15 heavy (non-hydrogen) atoms. The second kappa shape index (κ2) is 6.24. The van der Waals surface area contributed by atoms with Crippen LogP contribution in [0.3, 0.4) is 0 Å². The Morgan fingerprint density at radius 1 is 1.53 bits per heavy atom. The largest absolute Gasteiger partial charge is 0.502 e. The van der Waals surface area contributed by atoms with Crippen LogP contribution in [0.25, 0.3) is 0 Å². The first-order valence-corrected chi connectivity index (χ1v) is 5.10. The number of hydrogen-bond donors (Lipinski definition) is 1. The van der Waals surface area contributed by atoms with Crippen molar-refractivity contribution < 1.29 is 9.26 Å². The topological polar surface area (TPSA) is 47.3 Å². The number of nitrogens with one attached hydrogen (secondary N) is 1. The lowest BCUT2D eigenvalue weighted by Crippen LogP contribution is -2.16. The van der Waals surface area contributed by atoms with Crippen molar-refractivity contribution in [2.45, 2.75) is 26.8 Å². The quantitative estimate of drug-likeness (QED) is 0.552. The van der Waals surface area contributed by atoms with Crippen LogP contribution in [0.15, 0.2) is 17.4 Å². The number of aromatic nitrogens is 1. The van der Waals surface area contributed by atoms with Crippen LogP contribution in [0.5, 0.6) is 0 Å². The van der Waals surface area contributed by atoms with Crippen molar-refractivity contribution in [2.75, 3.05) is 13.2 Å². The van der Waals surface area contributed by atoms with E-state index in [4.69, 9.17) is 9.26 Å². The van der Waals surface area contributed by atoms with Gasteiger partial charge >= 0.3 is 0 Å². The van der Waals surface area contributed by atoms with Gasteiger partial charge in [-0.25, -0.2) is 0 Å². The van der Waals surface area contributed by atoms with Gasteiger partial charge in [0.05, 0.1) is 18.6 Å². The lowest BCUT2D eigenvalue weighted by Gasteiger charge is -2.04. The molecule has 4 nitrogen and oxygen atoms in total. The van der Waals surface area contributed by atoms with Crippen LogP contribution in [0.2, 0.25) is 0 Å². The fourth-order valence-electron chi connectivity index (χ4n) is 1.33. The molecule has 0 aliphatic heterocycles. The van der Waals surface area contributed by atoms with Crippen molar-refractivity contribution >= 4 is 0 Å². The van der Waals surface area contributed by atoms with Gasteiger partial charge < -0.3 is 14.6 Å². The van der Waals surface area contributed by atoms with Crippen molar-refractivity contribution in [3.63, 3.8) is 0 Å². The van der Waals surface area contributed by atoms with E-state index in [-0.39, 0.29) is 0 Å². The fourth-order valence-corrected chi connectivity index (χ4v) is 1.33. The first-order chi connectivity index (χ1) is 7.25. The van der Waals surface area contributed by atoms with Crippen LogP contribution in [-0.4, -0.2) is 18.3 Å². The number of nitrogens with zero attached hydrogens (tertiary/aromatic N) is 1. The molecule has 0 spiro atoms. The minimum atomic E-state index is 0.706. The second-order valence-corrected chi connectivity index (χ2v) is 3.37. The average Bonchev–Trinajstić information content (AvgIpc) is 2.54. The molecule has 0 bridgehead atoms. The molecule has 84 valence electrons. The maximum absolute atomic E-state index is 5.06. The summed E-state index contributed by atoms with van der Waals surface area (Å²) in [5.74, 6) is 0.891. The van der Waals surface area contributed by atoms with E-state index < -0.39 is 0 Å². The minimum Gasteiger partial charge on any atom is -0.502 e. The van der Waals surface area contributed by atoms with E-state index in [1.165, 1.54) is 6.26 Å². The molecule has 0 aliphatic carbocycles. The molecule has 0 amide bonds. The zero-order valence-corrected chi connectivity index (χ0v) is 9.38. The molecule has 0 aliphatic rings. The Morgan fingerprint density at radius 3 is 2.93 bits per heavy atom. The molecule has 1 aromatic rings. The summed E-state index contributed by atoms with van der Waals surface area (Å²) < 4.78 is 10.1. The van der Waals surface area contributed by atoms with Crippen molar-refractivity contribution in [3.05, 3.63) is 29.9 Å². The molecular weight excluding hydrogens is 192 g/mol. The first-order valence-electron chi connectivity index (χ1n) is 5.10. The third-order valence-electron chi connectivity index (χ3n) is 2.22. The maximum atomic E-state index is 5.06. The summed E-state index contributed by atoms with van der Waals surface area (Å²) in [6.07, 6.45) is 2.43. The first kappa shape index (κ1) is 11.8. The Morgan fingerprint density at radius 2 is 2.33 bits per heavy atom. The molecule has 0 fully saturated rings. The number of aryl methyl sites for hydroxylation is 2. The Bertz CT molecular complexity index is 288. The monoisotopic (exact) mass is 210 g/mol. The van der Waals surface area contributed by atoms with Crippen LogP contribution in [0, 0.1) is 13.8 Å². The molecule has 0 radical (unpaired) electrons. The van der Waals surface area contributed by atoms with Crippen molar-refractivity contribution in [1.29, 1.82) is 0 Å². The lowest BCUT2D eigenvalue weighted by molar-refractivity contribution is 0.244. The van der Waals surface area contributed by atoms with Crippen molar-refractivity contribution in [3.8, 4) is 0 Å². The summed E-state index contributed by atoms with van der Waals surface area (Å²) in [6, 6.07) is 0. The SMILES string of the molecule is C=COCCCNCc1c(C)noc1C. The maximum Gasteiger partial charge on any atom is 0.138 e. The lowest BCUT2D eigenvalue weighted by atomic mass is 10.2. The summed E-state index contributed by atoms with van der Waals surface area (Å²) >= 11 is 0. The molecule has 1 aromatic heterocycles. The standard InChI is InChI=1S/C11H18N2O2/c1-4-14-7-5-6-12-8-11-9(2)13-15-10(11)3/h4,12H,1,5-8H2,2-3H3. The van der Waals surface area contributed by atoms with Crippen LogP contribution in [0.1, 0.15) is 23.4 Å². The van der Waals surface area contributed by atoms with Crippen LogP contribution >= 0.6 is 0 Å². The predicted molar refractivity (Wildman–Crippen MR) is 58.4 cm³/mol. The van der Waals surface area contributed by atoms with E-state index in [1.54, 1.807) is 0 Å². The van der Waals surface area contributed by atoms with Crippen molar-refractivity contribution in [2.24, 2.45) is 0 Å². The Hall–Kier alpha value is -1.29. The second-order valence-electron chi connectivity index (χ2n) is 3.37. The van der Waals surface area contributed by atoms with Gasteiger partial charge in [-0.05, 0) is 26.8 Å². The summed E-state index contributed by atoms with van der Waals surface area (Å²) in [4.78, 5) is 0. The number of ether oxygens (including phenoxy) is 1. The molecule has 0 saturated heterocycles. The van der Waals surface area contributed by atoms with E-state index in [0.717, 1.165) is 36.5 Å². The Labute approximate surface area is 90.3 Å². The summed E-state index contributed by atoms with van der Waals surface area (Å²) in [5.41, 5.74) is 2.11. The highest BCUT2D eigenvalue weighted by Crippen LogP contribution is 2.11. The minimum absolute atomic E-state index is 0.706. The molecule has 0 unspecified atom stereocenters. The van der Waals surface area contributed by atoms with Gasteiger partial charge in [0.25, 0.3) is 0 Å². The van der Waals surface area contributed by atoms with E-state index in [1.807, 2.05) is 13.8 Å². The van der Waals surface area contributed by atoms with Crippen molar-refractivity contribution in [1.82, 2.24) is 10.5 Å². The zero-order chi connectivity index (χ0) is 11.1. The molecule has 0 saturated carbocycles. The van der Waals surface area contributed by atoms with Gasteiger partial charge in [0.2, 0.25) is 0 Å². The number of rotatable bonds is 7. The molecule has 4 heteroatoms. The van der Waals surface area contributed by atoms with E-state index in [9.17, 15) is 0 Å². The molecule has 0 aromatic carbocycles. The smallest absolute Gasteiger partial charge is 0.138 e. The molecule has 1 heterocycles. The zero-order valence-electron chi connectivity index (χ0n) is 9.38. The predicted octanol–water partition coefficient (Wildman–Crippen LogP) is 1.93. The highest BCUT2D eigenvalue weighted by molar-refractivity contribution is 5.20. The molecular formula is C11H18N2O2. The van der Waals surface area contributed by atoms with E-state index in [2.05, 4.69) is 17.1 Å². The highest BCUT2D eigenvalue weighted by atomic mass is 16.5. The average molecular weight is 210 g/mol. The molecule has 0 atom stereocenters. The molecule has 1 N–H and O–H groups in total. The normalized spacial score (nSPS) is 10.3. The highest BCUT2D eigenvalue weighted by Gasteiger charge is 2.07. The van der Waals surface area contributed by atoms with Gasteiger partial charge in [-0.1, -0.05) is 11.7 Å². The Balaban J connectivity index is 2.17. The summed E-state index contributed by atoms with van der Waals surface area (Å²) in [5, 5.41) is 7.21. The van der Waals surface area contributed by atoms with Gasteiger partial charge in [-0.2, -0.15) is 0 Å². The van der Waals surface area contributed by atoms with Gasteiger partial charge in [-0.3, -0.25) is 0 Å². The third-order valence-corrected chi connectivity index (χ3v) is 2.22. The van der Waals surface area contributed by atoms with Crippen LogP contribution < -0.4 is 5.32 Å². The van der Waals surface area contributed by atoms with Gasteiger partial charge in [0.1, 0.15) is 5.76 Å². The molecule has 1 rings (SSSR count). The number of hydrogen-bond acceptors (Lipinski definition) is 4. The van der Waals surface area contributed by atoms with Gasteiger partial charge in [0.15, 0.2) is 0 Å². The van der Waals surface area contributed by atoms with E-state index >= 15 is 0 Å². The van der Waals surface area contributed by atoms with E-state index in [0.29, 0.717) is 6.61 Å². The van der Waals surface area contributed by atoms with Gasteiger partial charge in [-0.15, -0.1) is 0 Å². The third kappa shape index (κ3) is 3.75. The Kier molecular flexibility index (Phi) is 4.90. The van der Waals surface area contributed by atoms with Crippen LogP contribution in [0.4, 0.5) is 0 Å². The fraction of sp³-hybridized carbons (Fsp3) is 0.545. The van der Waals surface area contributed by atoms with Gasteiger partial charge in [0, 0.05) is 12.1 Å².